The third-order valence-corrected chi connectivity index (χ3v) is 3.88. The summed E-state index contributed by atoms with van der Waals surface area (Å²) in [5.74, 6) is 5.26. The SMILES string of the molecule is CCc1ccc(CNC(=O)c2csc(C#CCO)c2)cc1. The Morgan fingerprint density at radius 3 is 2.67 bits per heavy atom. The van der Waals surface area contributed by atoms with E-state index in [-0.39, 0.29) is 12.5 Å². The van der Waals surface area contributed by atoms with Crippen LogP contribution < -0.4 is 5.32 Å². The van der Waals surface area contributed by atoms with E-state index in [0.717, 1.165) is 16.9 Å². The summed E-state index contributed by atoms with van der Waals surface area (Å²) in [6.07, 6.45) is 1.01. The van der Waals surface area contributed by atoms with Crippen molar-refractivity contribution in [2.75, 3.05) is 6.61 Å². The molecule has 4 heteroatoms. The van der Waals surface area contributed by atoms with Gasteiger partial charge in [-0.3, -0.25) is 4.79 Å². The van der Waals surface area contributed by atoms with E-state index >= 15 is 0 Å². The number of nitrogens with one attached hydrogen (secondary N) is 1. The maximum Gasteiger partial charge on any atom is 0.252 e. The fraction of sp³-hybridized carbons (Fsp3) is 0.235. The van der Waals surface area contributed by atoms with Gasteiger partial charge in [0.05, 0.1) is 10.4 Å². The van der Waals surface area contributed by atoms with Gasteiger partial charge in [-0.25, -0.2) is 0 Å². The van der Waals surface area contributed by atoms with Crippen molar-refractivity contribution < 1.29 is 9.90 Å². The molecule has 0 bridgehead atoms. The van der Waals surface area contributed by atoms with Gasteiger partial charge >= 0.3 is 0 Å². The number of hydrogen-bond acceptors (Lipinski definition) is 3. The van der Waals surface area contributed by atoms with Gasteiger partial charge in [-0.05, 0) is 23.6 Å². The van der Waals surface area contributed by atoms with Crippen LogP contribution in [0.4, 0.5) is 0 Å². The molecule has 1 amide bonds. The minimum atomic E-state index is -0.173. The first-order chi connectivity index (χ1) is 10.2. The third kappa shape index (κ3) is 4.45. The van der Waals surface area contributed by atoms with Crippen molar-refractivity contribution in [2.24, 2.45) is 0 Å². The van der Waals surface area contributed by atoms with Gasteiger partial charge in [-0.1, -0.05) is 43.0 Å². The van der Waals surface area contributed by atoms with E-state index in [1.54, 1.807) is 11.4 Å². The molecule has 108 valence electrons. The minimum Gasteiger partial charge on any atom is -0.384 e. The number of aryl methyl sites for hydroxylation is 1. The largest absolute Gasteiger partial charge is 0.384 e. The zero-order valence-electron chi connectivity index (χ0n) is 11.8. The topological polar surface area (TPSA) is 49.3 Å². The Morgan fingerprint density at radius 2 is 2.00 bits per heavy atom. The van der Waals surface area contributed by atoms with E-state index in [0.29, 0.717) is 12.1 Å². The van der Waals surface area contributed by atoms with Gasteiger partial charge in [0.25, 0.3) is 5.91 Å². The molecule has 1 heterocycles. The second-order valence-corrected chi connectivity index (χ2v) is 5.42. The zero-order valence-corrected chi connectivity index (χ0v) is 12.7. The lowest BCUT2D eigenvalue weighted by atomic mass is 10.1. The van der Waals surface area contributed by atoms with E-state index in [1.807, 2.05) is 12.1 Å². The molecule has 0 saturated carbocycles. The maximum absolute atomic E-state index is 12.0. The fourth-order valence-electron chi connectivity index (χ4n) is 1.82. The predicted octanol–water partition coefficient (Wildman–Crippen LogP) is 2.58. The normalized spacial score (nSPS) is 9.81. The van der Waals surface area contributed by atoms with Crippen LogP contribution in [0, 0.1) is 11.8 Å². The third-order valence-electron chi connectivity index (χ3n) is 3.04. The highest BCUT2D eigenvalue weighted by Gasteiger charge is 2.07. The van der Waals surface area contributed by atoms with Gasteiger partial charge < -0.3 is 10.4 Å². The minimum absolute atomic E-state index is 0.108. The molecular weight excluding hydrogens is 282 g/mol. The molecule has 0 spiro atoms. The van der Waals surface area contributed by atoms with Crippen LogP contribution in [0.3, 0.4) is 0 Å². The van der Waals surface area contributed by atoms with Gasteiger partial charge in [0.2, 0.25) is 0 Å². The number of aliphatic hydroxyl groups excluding tert-OH is 1. The second kappa shape index (κ2) is 7.63. The number of thiophene rings is 1. The zero-order chi connectivity index (χ0) is 15.1. The number of carbonyl (C=O) groups excluding carboxylic acids is 1. The highest BCUT2D eigenvalue weighted by Crippen LogP contribution is 2.13. The molecule has 3 nitrogen and oxygen atoms in total. The van der Waals surface area contributed by atoms with Crippen molar-refractivity contribution in [1.29, 1.82) is 0 Å². The molecule has 0 atom stereocenters. The first kappa shape index (κ1) is 15.3. The van der Waals surface area contributed by atoms with Gasteiger partial charge in [0.1, 0.15) is 6.61 Å². The lowest BCUT2D eigenvalue weighted by Gasteiger charge is -2.05. The molecule has 0 unspecified atom stereocenters. The van der Waals surface area contributed by atoms with Crippen molar-refractivity contribution in [1.82, 2.24) is 5.32 Å². The molecule has 0 aliphatic heterocycles. The summed E-state index contributed by atoms with van der Waals surface area (Å²) in [6, 6.07) is 9.96. The van der Waals surface area contributed by atoms with Crippen LogP contribution >= 0.6 is 11.3 Å². The van der Waals surface area contributed by atoms with Gasteiger partial charge in [-0.2, -0.15) is 0 Å². The van der Waals surface area contributed by atoms with Gasteiger partial charge in [0.15, 0.2) is 0 Å². The lowest BCUT2D eigenvalue weighted by Crippen LogP contribution is -2.22. The molecule has 2 rings (SSSR count). The van der Waals surface area contributed by atoms with Gasteiger partial charge in [0, 0.05) is 11.9 Å². The molecule has 2 aromatic rings. The van der Waals surface area contributed by atoms with Crippen molar-refractivity contribution in [3.63, 3.8) is 0 Å². The highest BCUT2D eigenvalue weighted by atomic mass is 32.1. The maximum atomic E-state index is 12.0. The Labute approximate surface area is 128 Å². The van der Waals surface area contributed by atoms with Crippen molar-refractivity contribution >= 4 is 17.2 Å². The number of benzene rings is 1. The molecular formula is C17H17NO2S. The number of aliphatic hydroxyl groups is 1. The first-order valence-electron chi connectivity index (χ1n) is 6.77. The first-order valence-corrected chi connectivity index (χ1v) is 7.65. The smallest absolute Gasteiger partial charge is 0.252 e. The molecule has 21 heavy (non-hydrogen) atoms. The van der Waals surface area contributed by atoms with Crippen molar-refractivity contribution in [3.8, 4) is 11.8 Å². The van der Waals surface area contributed by atoms with E-state index in [1.165, 1.54) is 16.9 Å². The highest BCUT2D eigenvalue weighted by molar-refractivity contribution is 7.10. The Bertz CT molecular complexity index is 662. The quantitative estimate of drug-likeness (QED) is 0.853. The Balaban J connectivity index is 1.93. The number of hydrogen-bond donors (Lipinski definition) is 2. The van der Waals surface area contributed by atoms with Crippen LogP contribution in [-0.4, -0.2) is 17.6 Å². The van der Waals surface area contributed by atoms with Crippen molar-refractivity contribution in [2.45, 2.75) is 19.9 Å². The van der Waals surface area contributed by atoms with E-state index < -0.39 is 0 Å². The number of amides is 1. The molecule has 0 aliphatic rings. The number of carbonyl (C=O) groups is 1. The number of rotatable bonds is 4. The summed E-state index contributed by atoms with van der Waals surface area (Å²) in [7, 11) is 0. The predicted molar refractivity (Wildman–Crippen MR) is 85.3 cm³/mol. The molecule has 0 saturated heterocycles. The molecule has 0 radical (unpaired) electrons. The summed E-state index contributed by atoms with van der Waals surface area (Å²) in [4.78, 5) is 12.8. The molecule has 0 aliphatic carbocycles. The Morgan fingerprint density at radius 1 is 1.29 bits per heavy atom. The van der Waals surface area contributed by atoms with Crippen LogP contribution in [0.1, 0.15) is 33.3 Å². The monoisotopic (exact) mass is 299 g/mol. The summed E-state index contributed by atoms with van der Waals surface area (Å²) in [5.41, 5.74) is 2.97. The fourth-order valence-corrected chi connectivity index (χ4v) is 2.58. The van der Waals surface area contributed by atoms with E-state index in [4.69, 9.17) is 5.11 Å². The van der Waals surface area contributed by atoms with Crippen LogP contribution in [0.15, 0.2) is 35.7 Å². The molecule has 0 fully saturated rings. The molecule has 2 N–H and O–H groups in total. The van der Waals surface area contributed by atoms with Crippen molar-refractivity contribution in [3.05, 3.63) is 57.3 Å². The molecule has 1 aromatic carbocycles. The summed E-state index contributed by atoms with van der Waals surface area (Å²) < 4.78 is 0. The van der Waals surface area contributed by atoms with Crippen LogP contribution in [0.5, 0.6) is 0 Å². The molecule has 1 aromatic heterocycles. The summed E-state index contributed by atoms with van der Waals surface area (Å²) in [6.45, 7) is 2.45. The second-order valence-electron chi connectivity index (χ2n) is 4.51. The van der Waals surface area contributed by atoms with Crippen LogP contribution in [-0.2, 0) is 13.0 Å². The van der Waals surface area contributed by atoms with Crippen LogP contribution in [0.2, 0.25) is 0 Å². The summed E-state index contributed by atoms with van der Waals surface area (Å²) >= 11 is 1.40. The average Bonchev–Trinajstić information content (AvgIpc) is 3.00. The lowest BCUT2D eigenvalue weighted by molar-refractivity contribution is 0.0951. The average molecular weight is 299 g/mol. The Hall–Kier alpha value is -2.09. The van der Waals surface area contributed by atoms with Crippen LogP contribution in [0.25, 0.3) is 0 Å². The summed E-state index contributed by atoms with van der Waals surface area (Å²) in [5, 5.41) is 13.3. The Kier molecular flexibility index (Phi) is 5.56. The van der Waals surface area contributed by atoms with Gasteiger partial charge in [-0.15, -0.1) is 11.3 Å². The van der Waals surface area contributed by atoms with E-state index in [9.17, 15) is 4.79 Å². The van der Waals surface area contributed by atoms with E-state index in [2.05, 4.69) is 36.2 Å². The standard InChI is InChI=1S/C17H17NO2S/c1-2-13-5-7-14(8-6-13)11-18-17(20)15-10-16(21-12-15)4-3-9-19/h5-8,10,12,19H,2,9,11H2,1H3,(H,18,20).